The molecule has 0 unspecified atom stereocenters. The molecular formula is C19H13FN4O4S. The molecule has 0 fully saturated rings. The number of benzene rings is 1. The maximum Gasteiger partial charge on any atom is 0.344 e. The van der Waals surface area contributed by atoms with Crippen molar-refractivity contribution in [3.63, 3.8) is 0 Å². The zero-order valence-electron chi connectivity index (χ0n) is 15.0. The lowest BCUT2D eigenvalue weighted by molar-refractivity contribution is -0.385. The molecule has 0 aliphatic heterocycles. The van der Waals surface area contributed by atoms with Gasteiger partial charge < -0.3 is 4.74 Å². The number of carbonyl (C=O) groups excluding carboxylic acids is 1. The van der Waals surface area contributed by atoms with Crippen molar-refractivity contribution in [2.75, 3.05) is 0 Å². The highest BCUT2D eigenvalue weighted by atomic mass is 32.1. The summed E-state index contributed by atoms with van der Waals surface area (Å²) in [5.41, 5.74) is 0.670. The van der Waals surface area contributed by atoms with E-state index in [2.05, 4.69) is 10.1 Å². The Hall–Kier alpha value is -3.66. The fourth-order valence-electron chi connectivity index (χ4n) is 2.88. The van der Waals surface area contributed by atoms with E-state index in [4.69, 9.17) is 4.74 Å². The molecule has 29 heavy (non-hydrogen) atoms. The average molecular weight is 412 g/mol. The maximum atomic E-state index is 13.5. The number of thiophene rings is 1. The number of hydrogen-bond acceptors (Lipinski definition) is 7. The zero-order chi connectivity index (χ0) is 20.5. The van der Waals surface area contributed by atoms with Crippen LogP contribution in [-0.2, 0) is 6.54 Å². The first kappa shape index (κ1) is 18.7. The number of nitrogens with zero attached hydrogens (tertiary/aromatic N) is 4. The minimum atomic E-state index is -0.857. The van der Waals surface area contributed by atoms with E-state index in [1.807, 2.05) is 17.5 Å². The summed E-state index contributed by atoms with van der Waals surface area (Å²) in [7, 11) is 0. The summed E-state index contributed by atoms with van der Waals surface area (Å²) in [5.74, 6) is -2.07. The average Bonchev–Trinajstić information content (AvgIpc) is 3.31. The Morgan fingerprint density at radius 3 is 2.90 bits per heavy atom. The Morgan fingerprint density at radius 1 is 1.34 bits per heavy atom. The monoisotopic (exact) mass is 412 g/mol. The van der Waals surface area contributed by atoms with Crippen LogP contribution in [0.4, 0.5) is 10.1 Å². The van der Waals surface area contributed by atoms with Gasteiger partial charge in [-0.2, -0.15) is 5.10 Å². The van der Waals surface area contributed by atoms with Gasteiger partial charge in [-0.25, -0.2) is 18.9 Å². The molecule has 10 heteroatoms. The lowest BCUT2D eigenvalue weighted by Gasteiger charge is -2.08. The van der Waals surface area contributed by atoms with Gasteiger partial charge in [0.2, 0.25) is 5.75 Å². The van der Waals surface area contributed by atoms with Gasteiger partial charge in [0.25, 0.3) is 0 Å². The van der Waals surface area contributed by atoms with Crippen molar-refractivity contribution < 1.29 is 18.8 Å². The molecule has 0 aliphatic carbocycles. The van der Waals surface area contributed by atoms with Crippen LogP contribution in [0.15, 0.2) is 48.0 Å². The minimum absolute atomic E-state index is 0.142. The summed E-state index contributed by atoms with van der Waals surface area (Å²) >= 11 is 1.57. The number of aryl methyl sites for hydroxylation is 1. The normalized spacial score (nSPS) is 11.0. The van der Waals surface area contributed by atoms with Crippen LogP contribution in [0.3, 0.4) is 0 Å². The molecule has 3 aromatic heterocycles. The van der Waals surface area contributed by atoms with Crippen molar-refractivity contribution in [1.82, 2.24) is 14.8 Å². The fourth-order valence-corrected chi connectivity index (χ4v) is 3.57. The third kappa shape index (κ3) is 3.69. The molecule has 146 valence electrons. The number of rotatable bonds is 5. The van der Waals surface area contributed by atoms with E-state index in [1.54, 1.807) is 22.9 Å². The number of halogens is 1. The predicted octanol–water partition coefficient (Wildman–Crippen LogP) is 4.12. The van der Waals surface area contributed by atoms with Crippen LogP contribution in [-0.4, -0.2) is 25.7 Å². The van der Waals surface area contributed by atoms with Crippen LogP contribution < -0.4 is 4.74 Å². The summed E-state index contributed by atoms with van der Waals surface area (Å²) in [6, 6.07) is 8.09. The van der Waals surface area contributed by atoms with Gasteiger partial charge in [-0.15, -0.1) is 11.3 Å². The van der Waals surface area contributed by atoms with Gasteiger partial charge in [0.15, 0.2) is 5.65 Å². The van der Waals surface area contributed by atoms with Crippen LogP contribution in [0.2, 0.25) is 0 Å². The third-order valence-corrected chi connectivity index (χ3v) is 5.03. The third-order valence-electron chi connectivity index (χ3n) is 4.16. The second kappa shape index (κ2) is 7.40. The number of ether oxygens (including phenoxy) is 1. The molecule has 4 rings (SSSR count). The van der Waals surface area contributed by atoms with Crippen LogP contribution in [0.25, 0.3) is 11.0 Å². The molecule has 0 amide bonds. The van der Waals surface area contributed by atoms with Crippen LogP contribution in [0.5, 0.6) is 5.75 Å². The second-order valence-electron chi connectivity index (χ2n) is 6.19. The first-order chi connectivity index (χ1) is 13.9. The number of nitro benzene ring substituents is 1. The number of nitro groups is 1. The minimum Gasteiger partial charge on any atom is -0.415 e. The van der Waals surface area contributed by atoms with Crippen molar-refractivity contribution in [1.29, 1.82) is 0 Å². The fraction of sp³-hybridized carbons (Fsp3) is 0.105. The molecule has 3 heterocycles. The highest BCUT2D eigenvalue weighted by molar-refractivity contribution is 7.09. The first-order valence-corrected chi connectivity index (χ1v) is 9.32. The standard InChI is InChI=1S/C19H13FN4O4S/c1-11-7-14(19(25)28-17-8-12(20)4-5-16(17)24(26)27)15-9-21-23(18(15)22-11)10-13-3-2-6-29-13/h2-9H,10H2,1H3. The van der Waals surface area contributed by atoms with Crippen molar-refractivity contribution in [2.24, 2.45) is 0 Å². The summed E-state index contributed by atoms with van der Waals surface area (Å²) < 4.78 is 20.4. The van der Waals surface area contributed by atoms with Gasteiger partial charge in [-0.05, 0) is 30.5 Å². The van der Waals surface area contributed by atoms with Gasteiger partial charge in [0.05, 0.1) is 28.6 Å². The van der Waals surface area contributed by atoms with E-state index in [1.165, 1.54) is 12.3 Å². The molecule has 0 N–H and O–H groups in total. The largest absolute Gasteiger partial charge is 0.415 e. The van der Waals surface area contributed by atoms with Crippen molar-refractivity contribution in [3.05, 3.63) is 80.0 Å². The highest BCUT2D eigenvalue weighted by Crippen LogP contribution is 2.29. The Bertz CT molecular complexity index is 1240. The Kier molecular flexibility index (Phi) is 4.77. The summed E-state index contributed by atoms with van der Waals surface area (Å²) in [6.07, 6.45) is 1.49. The van der Waals surface area contributed by atoms with Crippen LogP contribution >= 0.6 is 11.3 Å². The molecule has 0 saturated carbocycles. The molecule has 0 radical (unpaired) electrons. The second-order valence-corrected chi connectivity index (χ2v) is 7.22. The number of pyridine rings is 1. The SMILES string of the molecule is Cc1cc(C(=O)Oc2cc(F)ccc2[N+](=O)[O-])c2cnn(Cc3cccs3)c2n1. The van der Waals surface area contributed by atoms with E-state index in [0.29, 0.717) is 23.3 Å². The Labute approximate surface area is 167 Å². The maximum absolute atomic E-state index is 13.5. The first-order valence-electron chi connectivity index (χ1n) is 8.44. The molecular weight excluding hydrogens is 399 g/mol. The number of esters is 1. The van der Waals surface area contributed by atoms with Gasteiger partial charge in [-0.1, -0.05) is 6.07 Å². The van der Waals surface area contributed by atoms with E-state index in [-0.39, 0.29) is 5.56 Å². The molecule has 0 saturated heterocycles. The summed E-state index contributed by atoms with van der Waals surface area (Å²) in [5, 5.41) is 17.8. The molecule has 0 bridgehead atoms. The van der Waals surface area contributed by atoms with Crippen molar-refractivity contribution in [2.45, 2.75) is 13.5 Å². The summed E-state index contributed by atoms with van der Waals surface area (Å²) in [4.78, 5) is 28.7. The highest BCUT2D eigenvalue weighted by Gasteiger charge is 2.23. The molecule has 8 nitrogen and oxygen atoms in total. The molecule has 0 aliphatic rings. The number of fused-ring (bicyclic) bond motifs is 1. The van der Waals surface area contributed by atoms with E-state index in [0.717, 1.165) is 23.1 Å². The zero-order valence-corrected chi connectivity index (χ0v) is 15.9. The van der Waals surface area contributed by atoms with Crippen molar-refractivity contribution in [3.8, 4) is 5.75 Å². The molecule has 0 atom stereocenters. The molecule has 4 aromatic rings. The molecule has 0 spiro atoms. The smallest absolute Gasteiger partial charge is 0.344 e. The van der Waals surface area contributed by atoms with E-state index >= 15 is 0 Å². The predicted molar refractivity (Wildman–Crippen MR) is 104 cm³/mol. The Balaban J connectivity index is 1.73. The van der Waals surface area contributed by atoms with Gasteiger partial charge in [-0.3, -0.25) is 10.1 Å². The van der Waals surface area contributed by atoms with Gasteiger partial charge in [0.1, 0.15) is 5.82 Å². The quantitative estimate of drug-likeness (QED) is 0.212. The van der Waals surface area contributed by atoms with Crippen LogP contribution in [0.1, 0.15) is 20.9 Å². The lowest BCUT2D eigenvalue weighted by atomic mass is 10.1. The molecule has 1 aromatic carbocycles. The number of aromatic nitrogens is 3. The van der Waals surface area contributed by atoms with Gasteiger partial charge in [0, 0.05) is 22.7 Å². The van der Waals surface area contributed by atoms with Crippen LogP contribution in [0, 0.1) is 22.9 Å². The van der Waals surface area contributed by atoms with Crippen molar-refractivity contribution >= 4 is 34.0 Å². The van der Waals surface area contributed by atoms with Gasteiger partial charge >= 0.3 is 11.7 Å². The topological polar surface area (TPSA) is 100 Å². The van der Waals surface area contributed by atoms with E-state index < -0.39 is 28.1 Å². The number of carbonyl (C=O) groups is 1. The lowest BCUT2D eigenvalue weighted by Crippen LogP contribution is -2.11. The van der Waals surface area contributed by atoms with E-state index in [9.17, 15) is 19.3 Å². The Morgan fingerprint density at radius 2 is 2.17 bits per heavy atom. The number of hydrogen-bond donors (Lipinski definition) is 0. The summed E-state index contributed by atoms with van der Waals surface area (Å²) in [6.45, 7) is 2.20.